The maximum absolute atomic E-state index is 11.7. The number of carbonyl (C=O) groups excluding carboxylic acids is 1. The van der Waals surface area contributed by atoms with Gasteiger partial charge in [0, 0.05) is 24.1 Å². The Bertz CT molecular complexity index is 451. The number of rotatable bonds is 6. The summed E-state index contributed by atoms with van der Waals surface area (Å²) in [6, 6.07) is 4.06. The van der Waals surface area contributed by atoms with E-state index in [4.69, 9.17) is 16.3 Å². The van der Waals surface area contributed by atoms with Crippen LogP contribution in [0.2, 0.25) is 0 Å². The Morgan fingerprint density at radius 2 is 2.28 bits per heavy atom. The number of nitrogens with zero attached hydrogens (tertiary/aromatic N) is 1. The van der Waals surface area contributed by atoms with Gasteiger partial charge in [0.1, 0.15) is 0 Å². The fourth-order valence-electron chi connectivity index (χ4n) is 1.34. The van der Waals surface area contributed by atoms with E-state index in [2.05, 4.69) is 5.32 Å². The summed E-state index contributed by atoms with van der Waals surface area (Å²) in [5.74, 6) is 0.200. The van der Waals surface area contributed by atoms with Gasteiger partial charge in [-0.15, -0.1) is 11.6 Å². The molecular formula is C11H13ClN2O4. The first kappa shape index (κ1) is 14.2. The van der Waals surface area contributed by atoms with Crippen molar-refractivity contribution in [3.63, 3.8) is 0 Å². The number of ether oxygens (including phenoxy) is 1. The van der Waals surface area contributed by atoms with Crippen LogP contribution >= 0.6 is 11.6 Å². The lowest BCUT2D eigenvalue weighted by atomic mass is 10.1. The highest BCUT2D eigenvalue weighted by atomic mass is 35.5. The quantitative estimate of drug-likeness (QED) is 0.371. The molecular weight excluding hydrogens is 260 g/mol. The molecule has 0 heterocycles. The van der Waals surface area contributed by atoms with Crippen LogP contribution in [0.15, 0.2) is 18.2 Å². The number of carbonyl (C=O) groups is 1. The van der Waals surface area contributed by atoms with Crippen molar-refractivity contribution in [2.45, 2.75) is 6.42 Å². The van der Waals surface area contributed by atoms with Gasteiger partial charge in [-0.1, -0.05) is 0 Å². The molecule has 0 radical (unpaired) electrons. The number of nitro benzene ring substituents is 1. The number of methoxy groups -OCH3 is 1. The summed E-state index contributed by atoms with van der Waals surface area (Å²) in [6.07, 6.45) is 0.644. The molecule has 1 amide bonds. The Morgan fingerprint density at radius 3 is 2.83 bits per heavy atom. The summed E-state index contributed by atoms with van der Waals surface area (Å²) in [5, 5.41) is 13.4. The fraction of sp³-hybridized carbons (Fsp3) is 0.364. The van der Waals surface area contributed by atoms with Crippen molar-refractivity contribution in [2.24, 2.45) is 0 Å². The van der Waals surface area contributed by atoms with E-state index in [1.165, 1.54) is 25.3 Å². The van der Waals surface area contributed by atoms with Gasteiger partial charge in [0.05, 0.1) is 12.0 Å². The van der Waals surface area contributed by atoms with Crippen LogP contribution < -0.4 is 10.1 Å². The van der Waals surface area contributed by atoms with Gasteiger partial charge in [-0.3, -0.25) is 14.9 Å². The minimum Gasteiger partial charge on any atom is -0.490 e. The van der Waals surface area contributed by atoms with Crippen LogP contribution in [0.25, 0.3) is 0 Å². The van der Waals surface area contributed by atoms with E-state index in [0.29, 0.717) is 18.8 Å². The predicted octanol–water partition coefficient (Wildman–Crippen LogP) is 1.96. The summed E-state index contributed by atoms with van der Waals surface area (Å²) in [7, 11) is 1.34. The maximum atomic E-state index is 11.7. The summed E-state index contributed by atoms with van der Waals surface area (Å²) in [6.45, 7) is 0.433. The van der Waals surface area contributed by atoms with Crippen molar-refractivity contribution < 1.29 is 14.5 Å². The molecule has 1 aromatic carbocycles. The van der Waals surface area contributed by atoms with E-state index in [9.17, 15) is 14.9 Å². The molecule has 0 aliphatic heterocycles. The van der Waals surface area contributed by atoms with Gasteiger partial charge in [0.15, 0.2) is 5.75 Å². The molecule has 7 heteroatoms. The molecule has 0 unspecified atom stereocenters. The van der Waals surface area contributed by atoms with Crippen LogP contribution in [0.3, 0.4) is 0 Å². The minimum atomic E-state index is -0.589. The molecule has 18 heavy (non-hydrogen) atoms. The molecule has 0 atom stereocenters. The van der Waals surface area contributed by atoms with Gasteiger partial charge in [-0.05, 0) is 18.6 Å². The third-order valence-electron chi connectivity index (χ3n) is 2.23. The third kappa shape index (κ3) is 3.59. The first-order valence-corrected chi connectivity index (χ1v) is 5.80. The van der Waals surface area contributed by atoms with Gasteiger partial charge in [0.25, 0.3) is 5.91 Å². The number of benzene rings is 1. The van der Waals surface area contributed by atoms with Gasteiger partial charge in [-0.2, -0.15) is 0 Å². The zero-order valence-electron chi connectivity index (χ0n) is 9.81. The Kier molecular flexibility index (Phi) is 5.38. The summed E-state index contributed by atoms with van der Waals surface area (Å²) in [5.41, 5.74) is -0.0143. The first-order chi connectivity index (χ1) is 8.60. The van der Waals surface area contributed by atoms with E-state index in [-0.39, 0.29) is 22.9 Å². The van der Waals surface area contributed by atoms with Crippen LogP contribution in [0, 0.1) is 10.1 Å². The normalized spacial score (nSPS) is 9.89. The molecule has 6 nitrogen and oxygen atoms in total. The molecule has 98 valence electrons. The molecule has 0 aliphatic carbocycles. The Labute approximate surface area is 109 Å². The summed E-state index contributed by atoms with van der Waals surface area (Å²) < 4.78 is 4.85. The van der Waals surface area contributed by atoms with Crippen molar-refractivity contribution in [3.8, 4) is 5.75 Å². The largest absolute Gasteiger partial charge is 0.490 e. The second-order valence-corrected chi connectivity index (χ2v) is 3.82. The van der Waals surface area contributed by atoms with E-state index in [0.717, 1.165) is 0 Å². The Balaban J connectivity index is 2.87. The van der Waals surface area contributed by atoms with E-state index in [1.54, 1.807) is 0 Å². The van der Waals surface area contributed by atoms with Crippen molar-refractivity contribution in [3.05, 3.63) is 33.9 Å². The standard InChI is InChI=1S/C11H13ClN2O4/c1-18-10-4-3-8(7-9(10)14(16)17)11(15)13-6-2-5-12/h3-4,7H,2,5-6H2,1H3,(H,13,15). The summed E-state index contributed by atoms with van der Waals surface area (Å²) in [4.78, 5) is 21.9. The highest BCUT2D eigenvalue weighted by molar-refractivity contribution is 6.17. The van der Waals surface area contributed by atoms with E-state index < -0.39 is 4.92 Å². The monoisotopic (exact) mass is 272 g/mol. The number of amides is 1. The number of nitro groups is 1. The summed E-state index contributed by atoms with van der Waals surface area (Å²) >= 11 is 5.48. The highest BCUT2D eigenvalue weighted by Gasteiger charge is 2.17. The Morgan fingerprint density at radius 1 is 1.56 bits per heavy atom. The number of hydrogen-bond donors (Lipinski definition) is 1. The molecule has 0 fully saturated rings. The smallest absolute Gasteiger partial charge is 0.311 e. The van der Waals surface area contributed by atoms with Crippen LogP contribution in [-0.4, -0.2) is 30.4 Å². The molecule has 0 aliphatic rings. The second kappa shape index (κ2) is 6.80. The van der Waals surface area contributed by atoms with Crippen molar-refractivity contribution in [1.29, 1.82) is 0 Å². The topological polar surface area (TPSA) is 81.5 Å². The molecule has 1 rings (SSSR count). The zero-order valence-corrected chi connectivity index (χ0v) is 10.6. The molecule has 1 aromatic rings. The van der Waals surface area contributed by atoms with Gasteiger partial charge < -0.3 is 10.1 Å². The van der Waals surface area contributed by atoms with Gasteiger partial charge >= 0.3 is 5.69 Å². The minimum absolute atomic E-state index is 0.123. The third-order valence-corrected chi connectivity index (χ3v) is 2.50. The van der Waals surface area contributed by atoms with Crippen LogP contribution in [-0.2, 0) is 0 Å². The Hall–Kier alpha value is -1.82. The van der Waals surface area contributed by atoms with E-state index >= 15 is 0 Å². The van der Waals surface area contributed by atoms with Crippen LogP contribution in [0.1, 0.15) is 16.8 Å². The molecule has 0 spiro atoms. The number of hydrogen-bond acceptors (Lipinski definition) is 4. The lowest BCUT2D eigenvalue weighted by molar-refractivity contribution is -0.385. The number of alkyl halides is 1. The highest BCUT2D eigenvalue weighted by Crippen LogP contribution is 2.27. The van der Waals surface area contributed by atoms with Crippen molar-refractivity contribution in [1.82, 2.24) is 5.32 Å². The molecule has 0 saturated carbocycles. The molecule has 0 saturated heterocycles. The zero-order chi connectivity index (χ0) is 13.5. The average Bonchev–Trinajstić information content (AvgIpc) is 2.38. The molecule has 1 N–H and O–H groups in total. The molecule has 0 bridgehead atoms. The van der Waals surface area contributed by atoms with Crippen molar-refractivity contribution >= 4 is 23.2 Å². The number of nitrogens with one attached hydrogen (secondary N) is 1. The average molecular weight is 273 g/mol. The molecule has 0 aromatic heterocycles. The SMILES string of the molecule is COc1ccc(C(=O)NCCCCl)cc1[N+](=O)[O-]. The second-order valence-electron chi connectivity index (χ2n) is 3.44. The number of halogens is 1. The lowest BCUT2D eigenvalue weighted by Gasteiger charge is -2.06. The first-order valence-electron chi connectivity index (χ1n) is 5.26. The lowest BCUT2D eigenvalue weighted by Crippen LogP contribution is -2.24. The van der Waals surface area contributed by atoms with Crippen LogP contribution in [0.4, 0.5) is 5.69 Å². The fourth-order valence-corrected chi connectivity index (χ4v) is 1.48. The van der Waals surface area contributed by atoms with Gasteiger partial charge in [0.2, 0.25) is 0 Å². The van der Waals surface area contributed by atoms with E-state index in [1.807, 2.05) is 0 Å². The van der Waals surface area contributed by atoms with Gasteiger partial charge in [-0.25, -0.2) is 0 Å². The maximum Gasteiger partial charge on any atom is 0.311 e. The van der Waals surface area contributed by atoms with Crippen LogP contribution in [0.5, 0.6) is 5.75 Å². The predicted molar refractivity (Wildman–Crippen MR) is 67.3 cm³/mol. The van der Waals surface area contributed by atoms with Crippen molar-refractivity contribution in [2.75, 3.05) is 19.5 Å².